The van der Waals surface area contributed by atoms with Gasteiger partial charge in [-0.1, -0.05) is 56.8 Å². The zero-order valence-corrected chi connectivity index (χ0v) is 22.8. The van der Waals surface area contributed by atoms with Crippen molar-refractivity contribution in [3.8, 4) is 11.4 Å². The molecule has 0 radical (unpaired) electrons. The molecule has 6 nitrogen and oxygen atoms in total. The van der Waals surface area contributed by atoms with Gasteiger partial charge in [-0.15, -0.1) is 0 Å². The molecular weight excluding hydrogens is 506 g/mol. The summed E-state index contributed by atoms with van der Waals surface area (Å²) >= 11 is 0. The molecule has 0 aliphatic carbocycles. The molecule has 41 heavy (non-hydrogen) atoms. The Balaban J connectivity index is 0.00000135. The number of nitrogens with zero attached hydrogens (tertiary/aromatic N) is 5. The minimum atomic E-state index is -0.115. The van der Waals surface area contributed by atoms with Crippen LogP contribution in [0.15, 0.2) is 128 Å². The molecule has 0 N–H and O–H groups in total. The number of allylic oxidation sites excluding steroid dienone is 1. The molecule has 7 aromatic rings. The lowest BCUT2D eigenvalue weighted by Gasteiger charge is -2.21. The second-order valence-corrected chi connectivity index (χ2v) is 9.65. The van der Waals surface area contributed by atoms with E-state index in [2.05, 4.69) is 58.2 Å². The van der Waals surface area contributed by atoms with Crippen LogP contribution in [0.4, 0.5) is 5.69 Å². The molecule has 8 rings (SSSR count). The Morgan fingerprint density at radius 1 is 0.585 bits per heavy atom. The van der Waals surface area contributed by atoms with Gasteiger partial charge in [0.1, 0.15) is 0 Å². The molecule has 0 spiro atoms. The summed E-state index contributed by atoms with van der Waals surface area (Å²) in [6.07, 6.45) is 6.96. The van der Waals surface area contributed by atoms with Gasteiger partial charge in [-0.05, 0) is 60.7 Å². The highest BCUT2D eigenvalue weighted by Gasteiger charge is 2.24. The average molecular weight is 534 g/mol. The van der Waals surface area contributed by atoms with E-state index in [0.717, 1.165) is 60.9 Å². The lowest BCUT2D eigenvalue weighted by atomic mass is 10.2. The van der Waals surface area contributed by atoms with Crippen LogP contribution in [0, 0.1) is 0 Å². The first kappa shape index (κ1) is 24.5. The maximum Gasteiger partial charge on any atom is 0.255 e. The molecule has 5 heterocycles. The van der Waals surface area contributed by atoms with E-state index >= 15 is 0 Å². The van der Waals surface area contributed by atoms with Gasteiger partial charge in [-0.2, -0.15) is 0 Å². The van der Waals surface area contributed by atoms with Gasteiger partial charge in [0.05, 0.1) is 50.2 Å². The van der Waals surface area contributed by atoms with Crippen molar-refractivity contribution >= 4 is 55.5 Å². The summed E-state index contributed by atoms with van der Waals surface area (Å²) in [7, 11) is 0. The molecule has 0 unspecified atom stereocenters. The molecule has 4 aromatic heterocycles. The average Bonchev–Trinajstić information content (AvgIpc) is 3.66. The van der Waals surface area contributed by atoms with Gasteiger partial charge >= 0.3 is 0 Å². The zero-order chi connectivity index (χ0) is 28.1. The monoisotopic (exact) mass is 533 g/mol. The quantitative estimate of drug-likeness (QED) is 0.230. The predicted octanol–water partition coefficient (Wildman–Crippen LogP) is 8.11. The van der Waals surface area contributed by atoms with Crippen molar-refractivity contribution in [3.63, 3.8) is 0 Å². The SMILES string of the molecule is C=C1C=CC(=O)N1c1cc(-n2c3ccccc3c3ncccc32)cc(-n2c3ccccc3c3ncccc32)c1.CC. The van der Waals surface area contributed by atoms with Crippen molar-refractivity contribution in [2.75, 3.05) is 4.90 Å². The van der Waals surface area contributed by atoms with Crippen LogP contribution in [-0.4, -0.2) is 25.0 Å². The number of fused-ring (bicyclic) bond motifs is 6. The maximum atomic E-state index is 13.0. The molecule has 0 bridgehead atoms. The van der Waals surface area contributed by atoms with Gasteiger partial charge in [0.15, 0.2) is 0 Å². The summed E-state index contributed by atoms with van der Waals surface area (Å²) in [5.74, 6) is -0.115. The summed E-state index contributed by atoms with van der Waals surface area (Å²) in [5.41, 5.74) is 9.17. The molecule has 0 atom stereocenters. The lowest BCUT2D eigenvalue weighted by molar-refractivity contribution is -0.113. The predicted molar refractivity (Wildman–Crippen MR) is 168 cm³/mol. The number of hydrogen-bond donors (Lipinski definition) is 0. The third kappa shape index (κ3) is 3.68. The van der Waals surface area contributed by atoms with Crippen molar-refractivity contribution in [1.82, 2.24) is 19.1 Å². The Morgan fingerprint density at radius 3 is 1.54 bits per heavy atom. The highest BCUT2D eigenvalue weighted by Crippen LogP contribution is 2.37. The van der Waals surface area contributed by atoms with Gasteiger partial charge in [0.2, 0.25) is 0 Å². The van der Waals surface area contributed by atoms with Crippen LogP contribution in [0.25, 0.3) is 55.2 Å². The van der Waals surface area contributed by atoms with E-state index in [1.807, 2.05) is 74.8 Å². The summed E-state index contributed by atoms with van der Waals surface area (Å²) < 4.78 is 4.43. The van der Waals surface area contributed by atoms with E-state index in [-0.39, 0.29) is 5.91 Å². The number of pyridine rings is 2. The minimum absolute atomic E-state index is 0.115. The number of hydrogen-bond acceptors (Lipinski definition) is 3. The molecule has 6 heteroatoms. The van der Waals surface area contributed by atoms with E-state index in [9.17, 15) is 4.79 Å². The fourth-order valence-corrected chi connectivity index (χ4v) is 5.84. The molecule has 1 aliphatic rings. The first-order valence-electron chi connectivity index (χ1n) is 13.7. The number of amides is 1. The lowest BCUT2D eigenvalue weighted by Crippen LogP contribution is -2.23. The largest absolute Gasteiger partial charge is 0.307 e. The highest BCUT2D eigenvalue weighted by molar-refractivity contribution is 6.10. The Morgan fingerprint density at radius 2 is 1.05 bits per heavy atom. The van der Waals surface area contributed by atoms with Gasteiger partial charge < -0.3 is 9.13 Å². The number of anilines is 1. The second-order valence-electron chi connectivity index (χ2n) is 9.65. The summed E-state index contributed by atoms with van der Waals surface area (Å²) in [6.45, 7) is 8.13. The number of benzene rings is 3. The third-order valence-corrected chi connectivity index (χ3v) is 7.44. The first-order chi connectivity index (χ1) is 20.2. The minimum Gasteiger partial charge on any atom is -0.307 e. The third-order valence-electron chi connectivity index (χ3n) is 7.44. The standard InChI is InChI=1S/C33H21N5O.C2H6/c1-21-14-15-31(39)36(21)22-18-23(37-27-10-4-2-8-25(27)32-29(37)12-6-16-34-32)20-24(19-22)38-28-11-5-3-9-26(28)33-30(38)13-7-17-35-33;1-2/h2-20H,1H2;1-2H3. The van der Waals surface area contributed by atoms with E-state index < -0.39 is 0 Å². The summed E-state index contributed by atoms with van der Waals surface area (Å²) in [6, 6.07) is 30.9. The molecule has 0 fully saturated rings. The van der Waals surface area contributed by atoms with Crippen LogP contribution in [0.2, 0.25) is 0 Å². The van der Waals surface area contributed by atoms with Gasteiger partial charge in [0, 0.05) is 34.9 Å². The van der Waals surface area contributed by atoms with Gasteiger partial charge in [-0.3, -0.25) is 19.7 Å². The smallest absolute Gasteiger partial charge is 0.255 e. The normalized spacial score (nSPS) is 13.1. The summed E-state index contributed by atoms with van der Waals surface area (Å²) in [4.78, 5) is 24.1. The van der Waals surface area contributed by atoms with Crippen LogP contribution in [0.1, 0.15) is 13.8 Å². The van der Waals surface area contributed by atoms with Crippen LogP contribution < -0.4 is 4.90 Å². The van der Waals surface area contributed by atoms with Gasteiger partial charge in [0.25, 0.3) is 5.91 Å². The van der Waals surface area contributed by atoms with Crippen molar-refractivity contribution in [3.05, 3.63) is 128 Å². The fraction of sp³-hybridized carbons (Fsp3) is 0.0571. The molecule has 1 aliphatic heterocycles. The Bertz CT molecular complexity index is 1930. The van der Waals surface area contributed by atoms with Gasteiger partial charge in [-0.25, -0.2) is 0 Å². The zero-order valence-electron chi connectivity index (χ0n) is 22.8. The second kappa shape index (κ2) is 9.61. The van der Waals surface area contributed by atoms with Crippen LogP contribution in [0.3, 0.4) is 0 Å². The Hall–Kier alpha value is -5.49. The molecular formula is C35H27N5O. The topological polar surface area (TPSA) is 56.0 Å². The van der Waals surface area contributed by atoms with Crippen LogP contribution >= 0.6 is 0 Å². The summed E-state index contributed by atoms with van der Waals surface area (Å²) in [5, 5.41) is 2.15. The van der Waals surface area contributed by atoms with Crippen LogP contribution in [0.5, 0.6) is 0 Å². The molecule has 3 aromatic carbocycles. The van der Waals surface area contributed by atoms with E-state index in [1.54, 1.807) is 17.1 Å². The number of rotatable bonds is 3. The number of para-hydroxylation sites is 2. The van der Waals surface area contributed by atoms with Crippen LogP contribution in [-0.2, 0) is 4.79 Å². The van der Waals surface area contributed by atoms with Crippen molar-refractivity contribution in [1.29, 1.82) is 0 Å². The maximum absolute atomic E-state index is 13.0. The van der Waals surface area contributed by atoms with Crippen molar-refractivity contribution in [2.45, 2.75) is 13.8 Å². The van der Waals surface area contributed by atoms with E-state index in [1.165, 1.54) is 0 Å². The number of aromatic nitrogens is 4. The van der Waals surface area contributed by atoms with E-state index in [4.69, 9.17) is 9.97 Å². The Labute approximate surface area is 237 Å². The Kier molecular flexibility index (Phi) is 5.75. The first-order valence-corrected chi connectivity index (χ1v) is 13.7. The number of carbonyl (C=O) groups excluding carboxylic acids is 1. The number of carbonyl (C=O) groups is 1. The molecule has 198 valence electrons. The van der Waals surface area contributed by atoms with Crippen molar-refractivity contribution in [2.24, 2.45) is 0 Å². The van der Waals surface area contributed by atoms with Crippen molar-refractivity contribution < 1.29 is 4.79 Å². The fourth-order valence-electron chi connectivity index (χ4n) is 5.84. The molecule has 1 amide bonds. The molecule has 0 saturated heterocycles. The molecule has 0 saturated carbocycles. The van der Waals surface area contributed by atoms with E-state index in [0.29, 0.717) is 5.70 Å². The highest BCUT2D eigenvalue weighted by atomic mass is 16.2.